The van der Waals surface area contributed by atoms with Gasteiger partial charge in [0.15, 0.2) is 11.9 Å². The fraction of sp³-hybridized carbons (Fsp3) is 0.348. The van der Waals surface area contributed by atoms with Crippen LogP contribution in [0, 0.1) is 0 Å². The molecule has 2 aliphatic rings. The summed E-state index contributed by atoms with van der Waals surface area (Å²) in [6.07, 6.45) is 0.314. The molecule has 1 fully saturated rings. The maximum Gasteiger partial charge on any atom is 0.329 e. The number of carbonyl (C=O) groups excluding carboxylic acids is 5. The zero-order chi connectivity index (χ0) is 23.7. The van der Waals surface area contributed by atoms with Crippen LogP contribution < -0.4 is 0 Å². The Morgan fingerprint density at radius 1 is 0.879 bits per heavy atom. The first-order valence-corrected chi connectivity index (χ1v) is 10.6. The standard InChI is InChI=1S/C23H23N3O7/c1-14(26-20(28)16-6-3-4-7-17(16)21(26)29)23(31)33-15(2)19(27)24-9-11-25(12-10-24)22(30)18-8-5-13-32-18/h3-8,13-15H,9-12H2,1-2H3. The highest BCUT2D eigenvalue weighted by Gasteiger charge is 2.42. The SMILES string of the molecule is CC(OC(=O)C(C)N1C(=O)c2ccccc2C1=O)C(=O)N1CCN(C(=O)c2ccco2)CC1. The van der Waals surface area contributed by atoms with E-state index in [1.54, 1.807) is 29.2 Å². The average molecular weight is 453 g/mol. The van der Waals surface area contributed by atoms with Crippen molar-refractivity contribution in [2.75, 3.05) is 26.2 Å². The minimum absolute atomic E-state index is 0.230. The van der Waals surface area contributed by atoms with Crippen molar-refractivity contribution in [1.82, 2.24) is 14.7 Å². The van der Waals surface area contributed by atoms with Crippen molar-refractivity contribution in [1.29, 1.82) is 0 Å². The van der Waals surface area contributed by atoms with Crippen molar-refractivity contribution in [3.05, 3.63) is 59.5 Å². The molecule has 10 nitrogen and oxygen atoms in total. The third-order valence-electron chi connectivity index (χ3n) is 5.81. The summed E-state index contributed by atoms with van der Waals surface area (Å²) in [5.41, 5.74) is 0.460. The Kier molecular flexibility index (Phi) is 5.99. The van der Waals surface area contributed by atoms with E-state index in [-0.39, 0.29) is 35.9 Å². The van der Waals surface area contributed by atoms with Crippen LogP contribution in [0.15, 0.2) is 47.1 Å². The molecule has 0 saturated carbocycles. The summed E-state index contributed by atoms with van der Waals surface area (Å²) in [6.45, 7) is 4.02. The van der Waals surface area contributed by atoms with Crippen molar-refractivity contribution in [2.45, 2.75) is 26.0 Å². The van der Waals surface area contributed by atoms with Gasteiger partial charge in [0.1, 0.15) is 6.04 Å². The molecule has 1 aromatic carbocycles. The Morgan fingerprint density at radius 2 is 1.45 bits per heavy atom. The third-order valence-corrected chi connectivity index (χ3v) is 5.81. The van der Waals surface area contributed by atoms with Crippen LogP contribution in [0.3, 0.4) is 0 Å². The van der Waals surface area contributed by atoms with Gasteiger partial charge in [0.2, 0.25) is 0 Å². The number of amides is 4. The second-order valence-corrected chi connectivity index (χ2v) is 7.88. The number of nitrogens with zero attached hydrogens (tertiary/aromatic N) is 3. The van der Waals surface area contributed by atoms with E-state index in [0.717, 1.165) is 4.90 Å². The fourth-order valence-electron chi connectivity index (χ4n) is 3.93. The summed E-state index contributed by atoms with van der Waals surface area (Å²) in [4.78, 5) is 66.9. The lowest BCUT2D eigenvalue weighted by atomic mass is 10.1. The summed E-state index contributed by atoms with van der Waals surface area (Å²) in [5, 5.41) is 0. The number of hydrogen-bond acceptors (Lipinski definition) is 7. The molecule has 0 aliphatic carbocycles. The highest BCUT2D eigenvalue weighted by atomic mass is 16.5. The lowest BCUT2D eigenvalue weighted by molar-refractivity contribution is -0.162. The van der Waals surface area contributed by atoms with E-state index in [1.807, 2.05) is 0 Å². The summed E-state index contributed by atoms with van der Waals surface area (Å²) in [5.74, 6) is -2.42. The number of furan rings is 1. The Hall–Kier alpha value is -3.95. The normalized spacial score (nSPS) is 17.6. The van der Waals surface area contributed by atoms with Crippen molar-refractivity contribution in [3.63, 3.8) is 0 Å². The topological polar surface area (TPSA) is 117 Å². The second-order valence-electron chi connectivity index (χ2n) is 7.88. The molecular formula is C23H23N3O7. The number of fused-ring (bicyclic) bond motifs is 1. The van der Waals surface area contributed by atoms with E-state index in [4.69, 9.17) is 9.15 Å². The minimum atomic E-state index is -1.18. The minimum Gasteiger partial charge on any atom is -0.459 e. The maximum absolute atomic E-state index is 12.8. The molecule has 4 amide bonds. The first-order valence-electron chi connectivity index (χ1n) is 10.6. The van der Waals surface area contributed by atoms with Gasteiger partial charge in [0, 0.05) is 26.2 Å². The van der Waals surface area contributed by atoms with Crippen LogP contribution in [-0.4, -0.2) is 82.6 Å². The Morgan fingerprint density at radius 3 is 2.00 bits per heavy atom. The van der Waals surface area contributed by atoms with Gasteiger partial charge < -0.3 is 19.0 Å². The maximum atomic E-state index is 12.8. The molecular weight excluding hydrogens is 430 g/mol. The molecule has 33 heavy (non-hydrogen) atoms. The van der Waals surface area contributed by atoms with Gasteiger partial charge >= 0.3 is 5.97 Å². The zero-order valence-electron chi connectivity index (χ0n) is 18.2. The molecule has 2 unspecified atom stereocenters. The predicted molar refractivity (Wildman–Crippen MR) is 113 cm³/mol. The van der Waals surface area contributed by atoms with E-state index in [1.165, 1.54) is 37.1 Å². The zero-order valence-corrected chi connectivity index (χ0v) is 18.2. The number of rotatable bonds is 5. The number of benzene rings is 1. The lowest BCUT2D eigenvalue weighted by Gasteiger charge is -2.35. The molecule has 3 heterocycles. The van der Waals surface area contributed by atoms with E-state index >= 15 is 0 Å². The van der Waals surface area contributed by atoms with Crippen LogP contribution in [0.1, 0.15) is 45.1 Å². The molecule has 2 atom stereocenters. The largest absolute Gasteiger partial charge is 0.459 e. The molecule has 0 spiro atoms. The molecule has 0 bridgehead atoms. The monoisotopic (exact) mass is 453 g/mol. The smallest absolute Gasteiger partial charge is 0.329 e. The Bertz CT molecular complexity index is 1070. The van der Waals surface area contributed by atoms with Crippen LogP contribution in [-0.2, 0) is 14.3 Å². The lowest BCUT2D eigenvalue weighted by Crippen LogP contribution is -2.53. The van der Waals surface area contributed by atoms with Crippen molar-refractivity contribution in [2.24, 2.45) is 0 Å². The Labute approximate surface area is 189 Å². The average Bonchev–Trinajstić information content (AvgIpc) is 3.45. The van der Waals surface area contributed by atoms with Gasteiger partial charge in [-0.3, -0.25) is 24.1 Å². The summed E-state index contributed by atoms with van der Waals surface area (Å²) >= 11 is 0. The van der Waals surface area contributed by atoms with Gasteiger partial charge in [-0.05, 0) is 38.1 Å². The number of esters is 1. The molecule has 10 heteroatoms. The van der Waals surface area contributed by atoms with E-state index in [2.05, 4.69) is 0 Å². The van der Waals surface area contributed by atoms with Crippen LogP contribution in [0.2, 0.25) is 0 Å². The first kappa shape index (κ1) is 22.3. The number of carbonyl (C=O) groups is 5. The van der Waals surface area contributed by atoms with Gasteiger partial charge in [-0.15, -0.1) is 0 Å². The molecule has 1 aromatic heterocycles. The van der Waals surface area contributed by atoms with Gasteiger partial charge in [-0.2, -0.15) is 0 Å². The predicted octanol–water partition coefficient (Wildman–Crippen LogP) is 1.18. The van der Waals surface area contributed by atoms with E-state index < -0.39 is 35.8 Å². The molecule has 1 saturated heterocycles. The molecule has 172 valence electrons. The highest BCUT2D eigenvalue weighted by molar-refractivity contribution is 6.22. The number of imide groups is 1. The van der Waals surface area contributed by atoms with Crippen molar-refractivity contribution < 1.29 is 33.1 Å². The Balaban J connectivity index is 1.32. The van der Waals surface area contributed by atoms with Crippen LogP contribution in [0.4, 0.5) is 0 Å². The summed E-state index contributed by atoms with van der Waals surface area (Å²) < 4.78 is 10.4. The van der Waals surface area contributed by atoms with Crippen LogP contribution in [0.25, 0.3) is 0 Å². The quantitative estimate of drug-likeness (QED) is 0.493. The second kappa shape index (κ2) is 8.89. The molecule has 4 rings (SSSR count). The summed E-state index contributed by atoms with van der Waals surface area (Å²) in [7, 11) is 0. The van der Waals surface area contributed by atoms with E-state index in [9.17, 15) is 24.0 Å². The highest BCUT2D eigenvalue weighted by Crippen LogP contribution is 2.25. The number of ether oxygens (including phenoxy) is 1. The summed E-state index contributed by atoms with van der Waals surface area (Å²) in [6, 6.07) is 8.35. The first-order chi connectivity index (χ1) is 15.8. The van der Waals surface area contributed by atoms with Gasteiger partial charge in [0.25, 0.3) is 23.6 Å². The molecule has 2 aliphatic heterocycles. The molecule has 0 radical (unpaired) electrons. The van der Waals surface area contributed by atoms with Crippen molar-refractivity contribution in [3.8, 4) is 0 Å². The van der Waals surface area contributed by atoms with Crippen LogP contribution in [0.5, 0.6) is 0 Å². The fourth-order valence-corrected chi connectivity index (χ4v) is 3.93. The van der Waals surface area contributed by atoms with Gasteiger partial charge in [0.05, 0.1) is 17.4 Å². The third kappa shape index (κ3) is 4.11. The van der Waals surface area contributed by atoms with Crippen LogP contribution >= 0.6 is 0 Å². The van der Waals surface area contributed by atoms with E-state index in [0.29, 0.717) is 13.1 Å². The number of hydrogen-bond donors (Lipinski definition) is 0. The molecule has 2 aromatic rings. The van der Waals surface area contributed by atoms with Crippen molar-refractivity contribution >= 4 is 29.6 Å². The molecule has 0 N–H and O–H groups in total. The number of piperazine rings is 1. The van der Waals surface area contributed by atoms with Gasteiger partial charge in [-0.25, -0.2) is 4.79 Å². The van der Waals surface area contributed by atoms with Gasteiger partial charge in [-0.1, -0.05) is 12.1 Å².